The van der Waals surface area contributed by atoms with E-state index in [9.17, 15) is 9.59 Å². The number of carbonyl (C=O) groups is 2. The number of amides is 2. The fourth-order valence-electron chi connectivity index (χ4n) is 4.37. The number of methoxy groups -OCH3 is 1. The molecule has 4 heterocycles. The minimum Gasteiger partial charge on any atom is -0.451 e. The zero-order valence-corrected chi connectivity index (χ0v) is 16.2. The smallest absolute Gasteiger partial charge is 0.289 e. The predicted octanol–water partition coefficient (Wildman–Crippen LogP) is 2.76. The van der Waals surface area contributed by atoms with Gasteiger partial charge in [-0.2, -0.15) is 0 Å². The standard InChI is InChI=1S/C21H26N2O4/c1-13-4-7-18-17(10-13)14(2)19(27-18)21(25)22-11-15-5-6-16(12-22)23(20(15)24)8-9-26-3/h4,7,10,15-16H,5-6,8-9,11-12H2,1-3H3. The first-order valence-corrected chi connectivity index (χ1v) is 9.58. The van der Waals surface area contributed by atoms with Crippen molar-refractivity contribution in [2.45, 2.75) is 32.7 Å². The molecule has 2 amide bonds. The molecule has 0 N–H and O–H groups in total. The van der Waals surface area contributed by atoms with E-state index in [0.29, 0.717) is 32.0 Å². The summed E-state index contributed by atoms with van der Waals surface area (Å²) >= 11 is 0. The van der Waals surface area contributed by atoms with E-state index in [0.717, 1.165) is 34.9 Å². The second-order valence-corrected chi connectivity index (χ2v) is 7.72. The monoisotopic (exact) mass is 370 g/mol. The number of piperidine rings is 1. The number of hydrogen-bond acceptors (Lipinski definition) is 4. The van der Waals surface area contributed by atoms with Crippen LogP contribution in [0.2, 0.25) is 0 Å². The van der Waals surface area contributed by atoms with Crippen molar-refractivity contribution < 1.29 is 18.7 Å². The lowest BCUT2D eigenvalue weighted by Crippen LogP contribution is -2.49. The second kappa shape index (κ2) is 7.00. The zero-order chi connectivity index (χ0) is 19.1. The van der Waals surface area contributed by atoms with Crippen LogP contribution >= 0.6 is 0 Å². The normalized spacial score (nSPS) is 22.6. The van der Waals surface area contributed by atoms with Crippen LogP contribution in [0.25, 0.3) is 11.0 Å². The minimum absolute atomic E-state index is 0.0577. The summed E-state index contributed by atoms with van der Waals surface area (Å²) < 4.78 is 11.1. The van der Waals surface area contributed by atoms with Crippen molar-refractivity contribution in [2.75, 3.05) is 33.4 Å². The number of benzene rings is 1. The number of hydrogen-bond donors (Lipinski definition) is 0. The highest BCUT2D eigenvalue weighted by molar-refractivity contribution is 5.99. The van der Waals surface area contributed by atoms with Crippen molar-refractivity contribution in [1.29, 1.82) is 0 Å². The summed E-state index contributed by atoms with van der Waals surface area (Å²) in [6, 6.07) is 6.00. The Morgan fingerprint density at radius 3 is 2.85 bits per heavy atom. The van der Waals surface area contributed by atoms with Gasteiger partial charge in [0.1, 0.15) is 5.58 Å². The van der Waals surface area contributed by atoms with Crippen molar-refractivity contribution in [2.24, 2.45) is 5.92 Å². The molecular weight excluding hydrogens is 344 g/mol. The van der Waals surface area contributed by atoms with Crippen LogP contribution in [0.1, 0.15) is 34.5 Å². The molecule has 3 fully saturated rings. The summed E-state index contributed by atoms with van der Waals surface area (Å²) in [7, 11) is 1.64. The Morgan fingerprint density at radius 2 is 2.07 bits per heavy atom. The van der Waals surface area contributed by atoms with Gasteiger partial charge in [0.05, 0.1) is 12.5 Å². The largest absolute Gasteiger partial charge is 0.451 e. The molecule has 6 heteroatoms. The third-order valence-electron chi connectivity index (χ3n) is 5.90. The highest BCUT2D eigenvalue weighted by Crippen LogP contribution is 2.32. The Kier molecular flexibility index (Phi) is 4.68. The van der Waals surface area contributed by atoms with Gasteiger partial charge in [-0.1, -0.05) is 11.6 Å². The van der Waals surface area contributed by atoms with Crippen LogP contribution in [0.5, 0.6) is 0 Å². The van der Waals surface area contributed by atoms with Crippen LogP contribution in [0, 0.1) is 19.8 Å². The molecule has 2 aromatic rings. The molecule has 3 aliphatic rings. The molecule has 0 aliphatic carbocycles. The van der Waals surface area contributed by atoms with Gasteiger partial charge in [0.2, 0.25) is 5.91 Å². The fourth-order valence-corrected chi connectivity index (χ4v) is 4.37. The first kappa shape index (κ1) is 18.0. The highest BCUT2D eigenvalue weighted by atomic mass is 16.5. The lowest BCUT2D eigenvalue weighted by atomic mass is 9.94. The third kappa shape index (κ3) is 3.12. The number of carbonyl (C=O) groups excluding carboxylic acids is 2. The number of aryl methyl sites for hydroxylation is 2. The molecule has 5 rings (SSSR count). The molecule has 1 aromatic carbocycles. The lowest BCUT2D eigenvalue weighted by molar-refractivity contribution is -0.140. The average Bonchev–Trinajstić information content (AvgIpc) is 2.81. The number of furan rings is 1. The molecule has 27 heavy (non-hydrogen) atoms. The number of fused-ring (bicyclic) bond motifs is 5. The maximum absolute atomic E-state index is 13.3. The molecule has 1 aromatic heterocycles. The molecule has 0 spiro atoms. The van der Waals surface area contributed by atoms with E-state index >= 15 is 0 Å². The first-order valence-electron chi connectivity index (χ1n) is 9.58. The van der Waals surface area contributed by atoms with E-state index in [2.05, 4.69) is 0 Å². The quantitative estimate of drug-likeness (QED) is 0.830. The van der Waals surface area contributed by atoms with E-state index in [4.69, 9.17) is 9.15 Å². The molecule has 3 aliphatic heterocycles. The third-order valence-corrected chi connectivity index (χ3v) is 5.90. The van der Waals surface area contributed by atoms with Crippen LogP contribution < -0.4 is 0 Å². The summed E-state index contributed by atoms with van der Waals surface area (Å²) in [6.45, 7) is 6.08. The summed E-state index contributed by atoms with van der Waals surface area (Å²) in [5.74, 6) is 0.305. The van der Waals surface area contributed by atoms with E-state index < -0.39 is 0 Å². The van der Waals surface area contributed by atoms with Crippen LogP contribution in [0.15, 0.2) is 22.6 Å². The van der Waals surface area contributed by atoms with Crippen molar-refractivity contribution >= 4 is 22.8 Å². The van der Waals surface area contributed by atoms with Gasteiger partial charge < -0.3 is 19.0 Å². The molecule has 6 nitrogen and oxygen atoms in total. The van der Waals surface area contributed by atoms with Crippen LogP contribution in [-0.4, -0.2) is 61.0 Å². The number of rotatable bonds is 4. The summed E-state index contributed by atoms with van der Waals surface area (Å²) in [4.78, 5) is 29.7. The Hall–Kier alpha value is -2.34. The topological polar surface area (TPSA) is 63.0 Å². The zero-order valence-electron chi connectivity index (χ0n) is 16.2. The Labute approximate surface area is 159 Å². The van der Waals surface area contributed by atoms with Gasteiger partial charge in [0, 0.05) is 43.7 Å². The van der Waals surface area contributed by atoms with Gasteiger partial charge in [0.15, 0.2) is 5.76 Å². The van der Waals surface area contributed by atoms with E-state index in [1.807, 2.05) is 41.8 Å². The van der Waals surface area contributed by atoms with Crippen molar-refractivity contribution in [3.05, 3.63) is 35.1 Å². The Morgan fingerprint density at radius 1 is 1.26 bits per heavy atom. The van der Waals surface area contributed by atoms with E-state index in [-0.39, 0.29) is 23.8 Å². The first-order chi connectivity index (χ1) is 13.0. The maximum Gasteiger partial charge on any atom is 0.289 e. The van der Waals surface area contributed by atoms with Crippen LogP contribution in [-0.2, 0) is 9.53 Å². The van der Waals surface area contributed by atoms with Gasteiger partial charge >= 0.3 is 0 Å². The molecule has 2 unspecified atom stereocenters. The Bertz CT molecular complexity index is 888. The summed E-state index contributed by atoms with van der Waals surface area (Å²) in [6.07, 6.45) is 1.78. The molecule has 2 bridgehead atoms. The van der Waals surface area contributed by atoms with E-state index in [1.165, 1.54) is 0 Å². The van der Waals surface area contributed by atoms with Crippen molar-refractivity contribution in [3.63, 3.8) is 0 Å². The molecule has 2 atom stereocenters. The number of nitrogens with zero attached hydrogens (tertiary/aromatic N) is 2. The fraction of sp³-hybridized carbons (Fsp3) is 0.524. The predicted molar refractivity (Wildman–Crippen MR) is 102 cm³/mol. The average molecular weight is 370 g/mol. The van der Waals surface area contributed by atoms with Gasteiger partial charge in [0.25, 0.3) is 5.91 Å². The van der Waals surface area contributed by atoms with Gasteiger partial charge in [-0.25, -0.2) is 0 Å². The maximum atomic E-state index is 13.3. The van der Waals surface area contributed by atoms with Crippen molar-refractivity contribution in [3.8, 4) is 0 Å². The molecule has 144 valence electrons. The lowest BCUT2D eigenvalue weighted by Gasteiger charge is -2.35. The van der Waals surface area contributed by atoms with Gasteiger partial charge in [-0.15, -0.1) is 0 Å². The summed E-state index contributed by atoms with van der Waals surface area (Å²) in [5, 5.41) is 0.981. The summed E-state index contributed by atoms with van der Waals surface area (Å²) in [5.41, 5.74) is 2.74. The molecule has 0 radical (unpaired) electrons. The van der Waals surface area contributed by atoms with Crippen molar-refractivity contribution in [1.82, 2.24) is 9.80 Å². The Balaban J connectivity index is 1.62. The van der Waals surface area contributed by atoms with E-state index in [1.54, 1.807) is 7.11 Å². The van der Waals surface area contributed by atoms with Crippen LogP contribution in [0.3, 0.4) is 0 Å². The molecule has 0 saturated carbocycles. The van der Waals surface area contributed by atoms with Crippen LogP contribution in [0.4, 0.5) is 0 Å². The molecular formula is C21H26N2O4. The van der Waals surface area contributed by atoms with Gasteiger partial charge in [-0.3, -0.25) is 9.59 Å². The van der Waals surface area contributed by atoms with Gasteiger partial charge in [-0.05, 0) is 38.8 Å². The molecule has 3 saturated heterocycles. The number of ether oxygens (including phenoxy) is 1. The minimum atomic E-state index is -0.128. The SMILES string of the molecule is COCCN1C(=O)C2CCC1CN(C(=O)c1oc3ccc(C)cc3c1C)C2. The highest BCUT2D eigenvalue weighted by Gasteiger charge is 2.42. The second-order valence-electron chi connectivity index (χ2n) is 7.72.